The standard InChI is InChI=1S/C8H11F3N2O3/c1-3-16-7(15)4-5(8(9,10)11)12-13(2)6(4)14/h5,12,14H,3H2,1-2H3. The highest BCUT2D eigenvalue weighted by molar-refractivity contribution is 5.91. The lowest BCUT2D eigenvalue weighted by Gasteiger charge is -2.18. The van der Waals surface area contributed by atoms with Crippen LogP contribution in [0, 0.1) is 0 Å². The fourth-order valence-corrected chi connectivity index (χ4v) is 1.28. The van der Waals surface area contributed by atoms with E-state index in [0.29, 0.717) is 0 Å². The van der Waals surface area contributed by atoms with Crippen LogP contribution in [0.3, 0.4) is 0 Å². The molecule has 0 aliphatic carbocycles. The number of alkyl halides is 3. The first kappa shape index (κ1) is 12.6. The summed E-state index contributed by atoms with van der Waals surface area (Å²) < 4.78 is 42.0. The number of aliphatic hydroxyl groups excluding tert-OH is 1. The quantitative estimate of drug-likeness (QED) is 0.696. The number of rotatable bonds is 2. The third kappa shape index (κ3) is 2.21. The molecule has 0 spiro atoms. The average Bonchev–Trinajstić information content (AvgIpc) is 2.43. The molecular formula is C8H11F3N2O3. The third-order valence-corrected chi connectivity index (χ3v) is 1.99. The number of esters is 1. The molecule has 0 aromatic carbocycles. The molecule has 1 unspecified atom stereocenters. The molecule has 92 valence electrons. The van der Waals surface area contributed by atoms with E-state index in [9.17, 15) is 23.1 Å². The van der Waals surface area contributed by atoms with Crippen LogP contribution in [0.25, 0.3) is 0 Å². The minimum atomic E-state index is -4.68. The van der Waals surface area contributed by atoms with E-state index in [1.54, 1.807) is 0 Å². The maximum atomic E-state index is 12.5. The van der Waals surface area contributed by atoms with Gasteiger partial charge in [-0.1, -0.05) is 0 Å². The van der Waals surface area contributed by atoms with Crippen LogP contribution in [0.4, 0.5) is 13.2 Å². The van der Waals surface area contributed by atoms with Crippen LogP contribution in [0.15, 0.2) is 11.5 Å². The maximum Gasteiger partial charge on any atom is 0.410 e. The van der Waals surface area contributed by atoms with Crippen molar-refractivity contribution >= 4 is 5.97 Å². The smallest absolute Gasteiger partial charge is 0.410 e. The Morgan fingerprint density at radius 1 is 1.62 bits per heavy atom. The van der Waals surface area contributed by atoms with Gasteiger partial charge in [-0.15, -0.1) is 0 Å². The number of aliphatic hydroxyl groups is 1. The van der Waals surface area contributed by atoms with Gasteiger partial charge in [0.1, 0.15) is 5.57 Å². The Balaban J connectivity index is 3.03. The minimum Gasteiger partial charge on any atom is -0.493 e. The van der Waals surface area contributed by atoms with Gasteiger partial charge in [0.25, 0.3) is 0 Å². The lowest BCUT2D eigenvalue weighted by molar-refractivity contribution is -0.159. The molecule has 0 aromatic rings. The fraction of sp³-hybridized carbons (Fsp3) is 0.625. The van der Waals surface area contributed by atoms with Crippen molar-refractivity contribution in [2.75, 3.05) is 13.7 Å². The van der Waals surface area contributed by atoms with Crippen molar-refractivity contribution in [2.24, 2.45) is 0 Å². The summed E-state index contributed by atoms with van der Waals surface area (Å²) in [5, 5.41) is 10.1. The zero-order chi connectivity index (χ0) is 12.5. The van der Waals surface area contributed by atoms with E-state index in [4.69, 9.17) is 0 Å². The van der Waals surface area contributed by atoms with Crippen molar-refractivity contribution in [1.29, 1.82) is 0 Å². The van der Waals surface area contributed by atoms with Gasteiger partial charge in [0.2, 0.25) is 5.88 Å². The number of ether oxygens (including phenoxy) is 1. The Kier molecular flexibility index (Phi) is 3.32. The van der Waals surface area contributed by atoms with Crippen molar-refractivity contribution in [3.05, 3.63) is 11.5 Å². The van der Waals surface area contributed by atoms with Gasteiger partial charge >= 0.3 is 12.1 Å². The second-order valence-electron chi connectivity index (χ2n) is 3.12. The number of halogens is 3. The first-order valence-corrected chi connectivity index (χ1v) is 4.46. The number of hydrogen-bond acceptors (Lipinski definition) is 5. The Labute approximate surface area is 89.4 Å². The van der Waals surface area contributed by atoms with Gasteiger partial charge in [-0.05, 0) is 6.92 Å². The third-order valence-electron chi connectivity index (χ3n) is 1.99. The Bertz CT molecular complexity index is 327. The second-order valence-corrected chi connectivity index (χ2v) is 3.12. The van der Waals surface area contributed by atoms with Crippen LogP contribution >= 0.6 is 0 Å². The van der Waals surface area contributed by atoms with Gasteiger partial charge < -0.3 is 9.84 Å². The molecule has 16 heavy (non-hydrogen) atoms. The summed E-state index contributed by atoms with van der Waals surface area (Å²) in [6.45, 7) is 1.40. The minimum absolute atomic E-state index is 0.0656. The summed E-state index contributed by atoms with van der Waals surface area (Å²) in [7, 11) is 1.17. The SMILES string of the molecule is CCOC(=O)C1=C(O)N(C)NC1C(F)(F)F. The zero-order valence-electron chi connectivity index (χ0n) is 8.63. The molecule has 5 nitrogen and oxygen atoms in total. The van der Waals surface area contributed by atoms with Crippen molar-refractivity contribution in [3.63, 3.8) is 0 Å². The Hall–Kier alpha value is -1.44. The molecule has 1 aliphatic heterocycles. The number of hydrazine groups is 1. The number of carbonyl (C=O) groups excluding carboxylic acids is 1. The molecule has 1 rings (SSSR count). The van der Waals surface area contributed by atoms with Crippen LogP contribution in [-0.2, 0) is 9.53 Å². The molecular weight excluding hydrogens is 229 g/mol. The molecule has 1 heterocycles. The van der Waals surface area contributed by atoms with Gasteiger partial charge in [-0.25, -0.2) is 10.2 Å². The molecule has 1 atom stereocenters. The average molecular weight is 240 g/mol. The number of hydrogen-bond donors (Lipinski definition) is 2. The summed E-state index contributed by atoms with van der Waals surface area (Å²) in [5.41, 5.74) is 1.09. The molecule has 0 amide bonds. The van der Waals surface area contributed by atoms with Gasteiger partial charge in [0, 0.05) is 7.05 Å². The van der Waals surface area contributed by atoms with E-state index in [2.05, 4.69) is 4.74 Å². The lowest BCUT2D eigenvalue weighted by Crippen LogP contribution is -2.45. The molecule has 0 aromatic heterocycles. The molecule has 1 aliphatic rings. The number of nitrogens with zero attached hydrogens (tertiary/aromatic N) is 1. The van der Waals surface area contributed by atoms with E-state index in [1.807, 2.05) is 5.43 Å². The second kappa shape index (κ2) is 4.20. The summed E-state index contributed by atoms with van der Waals surface area (Å²) in [5.74, 6) is -1.96. The van der Waals surface area contributed by atoms with Gasteiger partial charge in [-0.3, -0.25) is 5.01 Å². The van der Waals surface area contributed by atoms with E-state index in [-0.39, 0.29) is 6.61 Å². The largest absolute Gasteiger partial charge is 0.493 e. The molecule has 0 fully saturated rings. The number of nitrogens with one attached hydrogen (secondary N) is 1. The first-order valence-electron chi connectivity index (χ1n) is 4.46. The van der Waals surface area contributed by atoms with Crippen molar-refractivity contribution in [3.8, 4) is 0 Å². The molecule has 0 saturated carbocycles. The van der Waals surface area contributed by atoms with Crippen LogP contribution < -0.4 is 5.43 Å². The van der Waals surface area contributed by atoms with E-state index in [1.165, 1.54) is 14.0 Å². The van der Waals surface area contributed by atoms with Crippen molar-refractivity contribution in [1.82, 2.24) is 10.4 Å². The van der Waals surface area contributed by atoms with Crippen LogP contribution in [0.5, 0.6) is 0 Å². The summed E-state index contributed by atoms with van der Waals surface area (Å²) in [4.78, 5) is 11.3. The highest BCUT2D eigenvalue weighted by atomic mass is 19.4. The molecule has 0 radical (unpaired) electrons. The monoisotopic (exact) mass is 240 g/mol. The first-order chi connectivity index (χ1) is 7.29. The van der Waals surface area contributed by atoms with Crippen molar-refractivity contribution in [2.45, 2.75) is 19.1 Å². The van der Waals surface area contributed by atoms with E-state index in [0.717, 1.165) is 5.01 Å². The molecule has 2 N–H and O–H groups in total. The lowest BCUT2D eigenvalue weighted by atomic mass is 10.1. The van der Waals surface area contributed by atoms with E-state index < -0.39 is 29.6 Å². The predicted octanol–water partition coefficient (Wildman–Crippen LogP) is 0.700. The van der Waals surface area contributed by atoms with Gasteiger partial charge in [0.05, 0.1) is 6.61 Å². The summed E-state index contributed by atoms with van der Waals surface area (Å²) in [6.07, 6.45) is -4.68. The Morgan fingerprint density at radius 2 is 2.19 bits per heavy atom. The topological polar surface area (TPSA) is 61.8 Å². The summed E-state index contributed by atoms with van der Waals surface area (Å²) >= 11 is 0. The van der Waals surface area contributed by atoms with Crippen LogP contribution in [0.2, 0.25) is 0 Å². The van der Waals surface area contributed by atoms with Gasteiger partial charge in [0.15, 0.2) is 6.04 Å². The number of carbonyl (C=O) groups is 1. The molecule has 0 saturated heterocycles. The fourth-order valence-electron chi connectivity index (χ4n) is 1.28. The Morgan fingerprint density at radius 3 is 2.62 bits per heavy atom. The predicted molar refractivity (Wildman–Crippen MR) is 47.0 cm³/mol. The molecule has 8 heteroatoms. The van der Waals surface area contributed by atoms with Gasteiger partial charge in [-0.2, -0.15) is 13.2 Å². The van der Waals surface area contributed by atoms with Crippen LogP contribution in [0.1, 0.15) is 6.92 Å². The zero-order valence-corrected chi connectivity index (χ0v) is 8.63. The van der Waals surface area contributed by atoms with E-state index >= 15 is 0 Å². The normalized spacial score (nSPS) is 21.6. The maximum absolute atomic E-state index is 12.5. The van der Waals surface area contributed by atoms with Crippen LogP contribution in [-0.4, -0.2) is 42.0 Å². The highest BCUT2D eigenvalue weighted by Gasteiger charge is 2.51. The highest BCUT2D eigenvalue weighted by Crippen LogP contribution is 2.31. The van der Waals surface area contributed by atoms with Crippen molar-refractivity contribution < 1.29 is 27.8 Å². The summed E-state index contributed by atoms with van der Waals surface area (Å²) in [6, 6.07) is -2.24. The molecule has 0 bridgehead atoms.